The summed E-state index contributed by atoms with van der Waals surface area (Å²) in [6.45, 7) is 0. The molecule has 0 unspecified atom stereocenters. The van der Waals surface area contributed by atoms with Crippen molar-refractivity contribution in [3.63, 3.8) is 0 Å². The number of H-pyrrole nitrogens is 1. The number of nitrogens with one attached hydrogen (secondary N) is 1. The Kier molecular flexibility index (Phi) is 4.00. The quantitative estimate of drug-likeness (QED) is 0.832. The molecule has 0 aliphatic rings. The van der Waals surface area contributed by atoms with Crippen molar-refractivity contribution in [3.05, 3.63) is 32.7 Å². The molecule has 0 spiro atoms. The molecule has 1 N–H and O–H groups in total. The summed E-state index contributed by atoms with van der Waals surface area (Å²) in [5.74, 6) is -0.690. The Morgan fingerprint density at radius 2 is 2.25 bits per heavy atom. The van der Waals surface area contributed by atoms with Gasteiger partial charge >= 0.3 is 5.97 Å². The smallest absolute Gasteiger partial charge is 0.310 e. The number of pyridine rings is 1. The maximum absolute atomic E-state index is 12.5. The van der Waals surface area contributed by atoms with E-state index in [1.165, 1.54) is 0 Å². The first kappa shape index (κ1) is 12.6. The van der Waals surface area contributed by atoms with E-state index < -0.39 is 23.6 Å². The number of ether oxygens (including phenoxy) is 1. The van der Waals surface area contributed by atoms with Gasteiger partial charge in [0.25, 0.3) is 12.0 Å². The summed E-state index contributed by atoms with van der Waals surface area (Å²) in [4.78, 5) is 23.9. The van der Waals surface area contributed by atoms with E-state index in [4.69, 9.17) is 11.6 Å². The fourth-order valence-corrected chi connectivity index (χ4v) is 1.31. The van der Waals surface area contributed by atoms with Crippen LogP contribution >= 0.6 is 11.6 Å². The molecule has 0 aliphatic carbocycles. The van der Waals surface area contributed by atoms with Gasteiger partial charge < -0.3 is 9.72 Å². The molecule has 1 aromatic rings. The number of aromatic nitrogens is 1. The van der Waals surface area contributed by atoms with Gasteiger partial charge in [0.1, 0.15) is 5.02 Å². The van der Waals surface area contributed by atoms with Crippen LogP contribution in [0.2, 0.25) is 5.02 Å². The predicted molar refractivity (Wildman–Crippen MR) is 52.7 cm³/mol. The zero-order valence-electron chi connectivity index (χ0n) is 8.22. The number of methoxy groups -OCH3 is 1. The molecule has 0 saturated heterocycles. The summed E-state index contributed by atoms with van der Waals surface area (Å²) in [5.41, 5.74) is -1.48. The molecule has 16 heavy (non-hydrogen) atoms. The van der Waals surface area contributed by atoms with E-state index in [1.807, 2.05) is 4.98 Å². The number of alkyl halides is 2. The Labute approximate surface area is 94.2 Å². The standard InChI is InChI=1S/C9H8ClF2NO3/c1-16-6(14)3-4-2-5(10)9(15)13-7(4)8(11)12/h2,8H,3H2,1H3,(H,13,15). The molecule has 0 aliphatic heterocycles. The van der Waals surface area contributed by atoms with Crippen molar-refractivity contribution >= 4 is 17.6 Å². The molecule has 0 saturated carbocycles. The first-order chi connectivity index (χ1) is 7.45. The molecule has 0 aromatic carbocycles. The van der Waals surface area contributed by atoms with Crippen LogP contribution < -0.4 is 5.56 Å². The van der Waals surface area contributed by atoms with Gasteiger partial charge in [-0.15, -0.1) is 0 Å². The minimum atomic E-state index is -2.88. The van der Waals surface area contributed by atoms with E-state index in [1.54, 1.807) is 0 Å². The van der Waals surface area contributed by atoms with E-state index in [-0.39, 0.29) is 17.0 Å². The third-order valence-corrected chi connectivity index (χ3v) is 2.17. The minimum absolute atomic E-state index is 0.0496. The number of rotatable bonds is 3. The maximum Gasteiger partial charge on any atom is 0.310 e. The molecule has 0 radical (unpaired) electrons. The van der Waals surface area contributed by atoms with Gasteiger partial charge in [0, 0.05) is 0 Å². The fourth-order valence-electron chi connectivity index (χ4n) is 1.13. The first-order valence-electron chi connectivity index (χ1n) is 4.22. The first-order valence-corrected chi connectivity index (χ1v) is 4.60. The molecule has 88 valence electrons. The van der Waals surface area contributed by atoms with Crippen LogP contribution in [0.1, 0.15) is 17.7 Å². The fraction of sp³-hybridized carbons (Fsp3) is 0.333. The van der Waals surface area contributed by atoms with Crippen LogP contribution in [-0.4, -0.2) is 18.1 Å². The van der Waals surface area contributed by atoms with Gasteiger partial charge in [-0.1, -0.05) is 11.6 Å². The number of halogens is 3. The van der Waals surface area contributed by atoms with Gasteiger partial charge in [-0.25, -0.2) is 8.78 Å². The highest BCUT2D eigenvalue weighted by Crippen LogP contribution is 2.21. The molecule has 0 bridgehead atoms. The van der Waals surface area contributed by atoms with Crippen molar-refractivity contribution in [1.29, 1.82) is 0 Å². The Hall–Kier alpha value is -1.43. The van der Waals surface area contributed by atoms with Gasteiger partial charge in [0.05, 0.1) is 19.2 Å². The Balaban J connectivity index is 3.19. The normalized spacial score (nSPS) is 10.6. The molecular formula is C9H8ClF2NO3. The Bertz CT molecular complexity index is 459. The molecule has 7 heteroatoms. The Morgan fingerprint density at radius 3 is 2.75 bits per heavy atom. The van der Waals surface area contributed by atoms with Gasteiger partial charge in [-0.3, -0.25) is 9.59 Å². The number of carbonyl (C=O) groups is 1. The van der Waals surface area contributed by atoms with Gasteiger partial charge in [0.2, 0.25) is 0 Å². The van der Waals surface area contributed by atoms with Crippen molar-refractivity contribution in [2.24, 2.45) is 0 Å². The van der Waals surface area contributed by atoms with Gasteiger partial charge in [-0.05, 0) is 11.6 Å². The summed E-state index contributed by atoms with van der Waals surface area (Å²) in [7, 11) is 1.14. The van der Waals surface area contributed by atoms with Crippen LogP contribution in [0.5, 0.6) is 0 Å². The van der Waals surface area contributed by atoms with Crippen LogP contribution in [0.25, 0.3) is 0 Å². The summed E-state index contributed by atoms with van der Waals surface area (Å²) < 4.78 is 29.4. The highest BCUT2D eigenvalue weighted by Gasteiger charge is 2.18. The van der Waals surface area contributed by atoms with Crippen molar-refractivity contribution in [2.45, 2.75) is 12.8 Å². The lowest BCUT2D eigenvalue weighted by Crippen LogP contribution is -2.15. The van der Waals surface area contributed by atoms with Crippen LogP contribution in [0.15, 0.2) is 10.9 Å². The van der Waals surface area contributed by atoms with E-state index in [2.05, 4.69) is 4.74 Å². The summed E-state index contributed by atoms with van der Waals surface area (Å²) in [5, 5.41) is -0.247. The van der Waals surface area contributed by atoms with E-state index in [9.17, 15) is 18.4 Å². The number of hydrogen-bond donors (Lipinski definition) is 1. The monoisotopic (exact) mass is 251 g/mol. The lowest BCUT2D eigenvalue weighted by Gasteiger charge is -2.07. The third-order valence-electron chi connectivity index (χ3n) is 1.89. The molecule has 4 nitrogen and oxygen atoms in total. The molecule has 1 aromatic heterocycles. The minimum Gasteiger partial charge on any atom is -0.469 e. The Morgan fingerprint density at radius 1 is 1.62 bits per heavy atom. The zero-order valence-corrected chi connectivity index (χ0v) is 8.98. The average molecular weight is 252 g/mol. The topological polar surface area (TPSA) is 59.2 Å². The largest absolute Gasteiger partial charge is 0.469 e. The summed E-state index contributed by atoms with van der Waals surface area (Å²) >= 11 is 5.48. The second-order valence-corrected chi connectivity index (χ2v) is 3.35. The van der Waals surface area contributed by atoms with E-state index >= 15 is 0 Å². The van der Waals surface area contributed by atoms with Crippen LogP contribution in [0.4, 0.5) is 8.78 Å². The SMILES string of the molecule is COC(=O)Cc1cc(Cl)c(=O)[nH]c1C(F)F. The average Bonchev–Trinajstić information content (AvgIpc) is 2.22. The molecule has 1 heterocycles. The molecular weight excluding hydrogens is 244 g/mol. The van der Waals surface area contributed by atoms with Crippen molar-refractivity contribution in [1.82, 2.24) is 4.98 Å². The number of carbonyl (C=O) groups excluding carboxylic acids is 1. The lowest BCUT2D eigenvalue weighted by atomic mass is 10.1. The van der Waals surface area contributed by atoms with Crippen LogP contribution in [0, 0.1) is 0 Å². The van der Waals surface area contributed by atoms with Gasteiger partial charge in [0.15, 0.2) is 0 Å². The molecule has 1 rings (SSSR count). The molecule has 0 atom stereocenters. The third kappa shape index (κ3) is 2.79. The number of aromatic amines is 1. The van der Waals surface area contributed by atoms with Crippen molar-refractivity contribution in [3.8, 4) is 0 Å². The summed E-state index contributed by atoms with van der Waals surface area (Å²) in [6, 6.07) is 1.04. The van der Waals surface area contributed by atoms with E-state index in [0.29, 0.717) is 0 Å². The van der Waals surface area contributed by atoms with E-state index in [0.717, 1.165) is 13.2 Å². The van der Waals surface area contributed by atoms with Gasteiger partial charge in [-0.2, -0.15) is 0 Å². The second-order valence-electron chi connectivity index (χ2n) is 2.94. The predicted octanol–water partition coefficient (Wildman–Crippen LogP) is 1.68. The number of esters is 1. The molecule has 0 fully saturated rings. The highest BCUT2D eigenvalue weighted by molar-refractivity contribution is 6.30. The van der Waals surface area contributed by atoms with Crippen molar-refractivity contribution in [2.75, 3.05) is 7.11 Å². The van der Waals surface area contributed by atoms with Crippen LogP contribution in [-0.2, 0) is 16.0 Å². The molecule has 0 amide bonds. The second kappa shape index (κ2) is 5.07. The maximum atomic E-state index is 12.5. The lowest BCUT2D eigenvalue weighted by molar-refractivity contribution is -0.139. The highest BCUT2D eigenvalue weighted by atomic mass is 35.5. The summed E-state index contributed by atoms with van der Waals surface area (Å²) in [6.07, 6.45) is -3.25. The van der Waals surface area contributed by atoms with Crippen molar-refractivity contribution < 1.29 is 18.3 Å². The van der Waals surface area contributed by atoms with Crippen LogP contribution in [0.3, 0.4) is 0 Å². The zero-order chi connectivity index (χ0) is 12.3. The number of hydrogen-bond acceptors (Lipinski definition) is 3.